The second-order valence-electron chi connectivity index (χ2n) is 6.77. The number of amides is 2. The molecule has 8 heteroatoms. The van der Waals surface area contributed by atoms with Gasteiger partial charge in [-0.15, -0.1) is 0 Å². The van der Waals surface area contributed by atoms with Crippen LogP contribution in [0.2, 0.25) is 0 Å². The number of ether oxygens (including phenoxy) is 3. The van der Waals surface area contributed by atoms with E-state index >= 15 is 0 Å². The van der Waals surface area contributed by atoms with E-state index < -0.39 is 5.79 Å². The van der Waals surface area contributed by atoms with E-state index in [-0.39, 0.29) is 12.0 Å². The zero-order valence-electron chi connectivity index (χ0n) is 15.1. The van der Waals surface area contributed by atoms with Crippen molar-refractivity contribution in [1.82, 2.24) is 14.7 Å². The van der Waals surface area contributed by atoms with Crippen molar-refractivity contribution in [3.8, 4) is 0 Å². The van der Waals surface area contributed by atoms with Crippen LogP contribution >= 0.6 is 0 Å². The Morgan fingerprint density at radius 1 is 0.960 bits per heavy atom. The zero-order valence-corrected chi connectivity index (χ0v) is 15.1. The molecule has 3 fully saturated rings. The van der Waals surface area contributed by atoms with Crippen molar-refractivity contribution in [2.24, 2.45) is 0 Å². The molecule has 0 radical (unpaired) electrons. The number of piperazine rings is 1. The highest BCUT2D eigenvalue weighted by molar-refractivity contribution is 5.76. The van der Waals surface area contributed by atoms with E-state index in [1.54, 1.807) is 4.90 Å². The summed E-state index contributed by atoms with van der Waals surface area (Å²) in [5.74, 6) is -0.235. The molecule has 2 amide bonds. The molecule has 8 nitrogen and oxygen atoms in total. The summed E-state index contributed by atoms with van der Waals surface area (Å²) in [5.41, 5.74) is 0. The number of rotatable bonds is 4. The maximum atomic E-state index is 12.4. The van der Waals surface area contributed by atoms with E-state index in [0.717, 1.165) is 32.5 Å². The van der Waals surface area contributed by atoms with Crippen LogP contribution in [0.5, 0.6) is 0 Å². The van der Waals surface area contributed by atoms with Crippen molar-refractivity contribution >= 4 is 12.0 Å². The van der Waals surface area contributed by atoms with Gasteiger partial charge in [0, 0.05) is 65.1 Å². The minimum absolute atomic E-state index is 0.195. The van der Waals surface area contributed by atoms with E-state index in [4.69, 9.17) is 14.2 Å². The SMILES string of the molecule is CCOC(=O)N1CCN(CCC(=O)N2CCC3(CC2)OCCO3)CC1. The second-order valence-corrected chi connectivity index (χ2v) is 6.77. The minimum atomic E-state index is -0.430. The highest BCUT2D eigenvalue weighted by Gasteiger charge is 2.40. The summed E-state index contributed by atoms with van der Waals surface area (Å²) < 4.78 is 16.4. The molecule has 0 bridgehead atoms. The summed E-state index contributed by atoms with van der Waals surface area (Å²) in [6, 6.07) is 0. The van der Waals surface area contributed by atoms with Crippen molar-refractivity contribution in [3.05, 3.63) is 0 Å². The van der Waals surface area contributed by atoms with Gasteiger partial charge in [0.05, 0.1) is 19.8 Å². The Labute approximate surface area is 149 Å². The molecule has 0 atom stereocenters. The Morgan fingerprint density at radius 3 is 2.20 bits per heavy atom. The normalized spacial score (nSPS) is 23.9. The van der Waals surface area contributed by atoms with Crippen molar-refractivity contribution in [2.45, 2.75) is 32.0 Å². The summed E-state index contributed by atoms with van der Waals surface area (Å²) in [6.07, 6.45) is 1.80. The Hall–Kier alpha value is -1.38. The van der Waals surface area contributed by atoms with Gasteiger partial charge in [0.15, 0.2) is 5.79 Å². The van der Waals surface area contributed by atoms with Gasteiger partial charge < -0.3 is 24.0 Å². The third-order valence-corrected chi connectivity index (χ3v) is 5.23. The van der Waals surface area contributed by atoms with Crippen LogP contribution in [0.15, 0.2) is 0 Å². The molecule has 0 unspecified atom stereocenters. The van der Waals surface area contributed by atoms with E-state index in [9.17, 15) is 9.59 Å². The van der Waals surface area contributed by atoms with Gasteiger partial charge in [-0.3, -0.25) is 9.69 Å². The predicted molar refractivity (Wildman–Crippen MR) is 90.1 cm³/mol. The smallest absolute Gasteiger partial charge is 0.409 e. The molecule has 3 saturated heterocycles. The fourth-order valence-corrected chi connectivity index (χ4v) is 3.66. The van der Waals surface area contributed by atoms with Crippen LogP contribution in [0.4, 0.5) is 4.79 Å². The van der Waals surface area contributed by atoms with Crippen molar-refractivity contribution in [3.63, 3.8) is 0 Å². The molecule has 142 valence electrons. The topological polar surface area (TPSA) is 71.6 Å². The summed E-state index contributed by atoms with van der Waals surface area (Å²) in [7, 11) is 0. The lowest BCUT2D eigenvalue weighted by Gasteiger charge is -2.38. The minimum Gasteiger partial charge on any atom is -0.450 e. The number of hydrogen-bond acceptors (Lipinski definition) is 6. The van der Waals surface area contributed by atoms with Gasteiger partial charge in [-0.25, -0.2) is 4.79 Å². The number of hydrogen-bond donors (Lipinski definition) is 0. The number of carbonyl (C=O) groups is 2. The first kappa shape index (κ1) is 18.4. The first-order valence-electron chi connectivity index (χ1n) is 9.32. The number of carbonyl (C=O) groups excluding carboxylic acids is 2. The number of piperidine rings is 1. The number of likely N-dealkylation sites (tertiary alicyclic amines) is 1. The molecule has 1 spiro atoms. The summed E-state index contributed by atoms with van der Waals surface area (Å²) in [4.78, 5) is 30.0. The molecule has 0 saturated carbocycles. The van der Waals surface area contributed by atoms with Crippen LogP contribution in [0, 0.1) is 0 Å². The van der Waals surface area contributed by atoms with E-state index in [0.29, 0.717) is 52.4 Å². The molecule has 0 aromatic carbocycles. The fourth-order valence-electron chi connectivity index (χ4n) is 3.66. The molecule has 3 rings (SSSR count). The van der Waals surface area contributed by atoms with Crippen LogP contribution in [0.3, 0.4) is 0 Å². The highest BCUT2D eigenvalue weighted by atomic mass is 16.7. The molecular weight excluding hydrogens is 326 g/mol. The molecule has 0 aromatic rings. The molecule has 0 N–H and O–H groups in total. The van der Waals surface area contributed by atoms with Crippen LogP contribution in [-0.4, -0.2) is 98.1 Å². The largest absolute Gasteiger partial charge is 0.450 e. The van der Waals surface area contributed by atoms with Gasteiger partial charge >= 0.3 is 6.09 Å². The average molecular weight is 355 g/mol. The first-order valence-corrected chi connectivity index (χ1v) is 9.32. The molecule has 25 heavy (non-hydrogen) atoms. The first-order chi connectivity index (χ1) is 12.1. The van der Waals surface area contributed by atoms with Gasteiger partial charge in [-0.05, 0) is 6.92 Å². The van der Waals surface area contributed by atoms with Gasteiger partial charge in [-0.2, -0.15) is 0 Å². The second kappa shape index (κ2) is 8.33. The van der Waals surface area contributed by atoms with Gasteiger partial charge in [-0.1, -0.05) is 0 Å². The van der Waals surface area contributed by atoms with Crippen LogP contribution in [0.1, 0.15) is 26.2 Å². The van der Waals surface area contributed by atoms with Crippen LogP contribution < -0.4 is 0 Å². The monoisotopic (exact) mass is 355 g/mol. The van der Waals surface area contributed by atoms with Crippen molar-refractivity contribution in [1.29, 1.82) is 0 Å². The third kappa shape index (κ3) is 4.62. The van der Waals surface area contributed by atoms with Crippen molar-refractivity contribution < 1.29 is 23.8 Å². The Kier molecular flexibility index (Phi) is 6.14. The molecule has 3 aliphatic heterocycles. The average Bonchev–Trinajstić information content (AvgIpc) is 3.09. The molecule has 0 aromatic heterocycles. The third-order valence-electron chi connectivity index (χ3n) is 5.23. The predicted octanol–water partition coefficient (Wildman–Crippen LogP) is 0.516. The van der Waals surface area contributed by atoms with Crippen LogP contribution in [-0.2, 0) is 19.0 Å². The van der Waals surface area contributed by atoms with E-state index in [1.807, 2.05) is 11.8 Å². The maximum absolute atomic E-state index is 12.4. The van der Waals surface area contributed by atoms with Gasteiger partial charge in [0.2, 0.25) is 5.91 Å². The quantitative estimate of drug-likeness (QED) is 0.732. The lowest BCUT2D eigenvalue weighted by Crippen LogP contribution is -2.50. The molecule has 0 aliphatic carbocycles. The Balaban J connectivity index is 1.34. The fraction of sp³-hybridized carbons (Fsp3) is 0.882. The van der Waals surface area contributed by atoms with Crippen LogP contribution in [0.25, 0.3) is 0 Å². The van der Waals surface area contributed by atoms with Gasteiger partial charge in [0.1, 0.15) is 0 Å². The maximum Gasteiger partial charge on any atom is 0.409 e. The van der Waals surface area contributed by atoms with Crippen molar-refractivity contribution in [2.75, 3.05) is 65.6 Å². The number of nitrogens with zero attached hydrogens (tertiary/aromatic N) is 3. The lowest BCUT2D eigenvalue weighted by molar-refractivity contribution is -0.187. The summed E-state index contributed by atoms with van der Waals surface area (Å²) in [6.45, 7) is 8.58. The summed E-state index contributed by atoms with van der Waals surface area (Å²) >= 11 is 0. The lowest BCUT2D eigenvalue weighted by atomic mass is 10.0. The molecule has 3 aliphatic rings. The Bertz CT molecular complexity index is 463. The Morgan fingerprint density at radius 2 is 1.60 bits per heavy atom. The molecule has 3 heterocycles. The standard InChI is InChI=1S/C17H29N3O5/c1-2-23-16(22)20-11-9-18(10-12-20)6-3-15(21)19-7-4-17(5-8-19)24-13-14-25-17/h2-14H2,1H3. The van der Waals surface area contributed by atoms with E-state index in [2.05, 4.69) is 4.90 Å². The van der Waals surface area contributed by atoms with E-state index in [1.165, 1.54) is 0 Å². The zero-order chi connectivity index (χ0) is 17.7. The highest BCUT2D eigenvalue weighted by Crippen LogP contribution is 2.31. The van der Waals surface area contributed by atoms with Gasteiger partial charge in [0.25, 0.3) is 0 Å². The molecular formula is C17H29N3O5. The summed E-state index contributed by atoms with van der Waals surface area (Å²) in [5, 5.41) is 0.